The Balaban J connectivity index is 1.94. The normalized spacial score (nSPS) is 18.5. The third-order valence-corrected chi connectivity index (χ3v) is 3.98. The number of hydrogen-bond donors (Lipinski definition) is 2. The molecular weight excluding hydrogens is 232 g/mol. The molecule has 1 aliphatic rings. The van der Waals surface area contributed by atoms with Crippen molar-refractivity contribution < 1.29 is 0 Å². The first-order chi connectivity index (χ1) is 8.31. The van der Waals surface area contributed by atoms with Gasteiger partial charge in [0.15, 0.2) is 0 Å². The second-order valence-electron chi connectivity index (χ2n) is 4.84. The van der Waals surface area contributed by atoms with Crippen molar-refractivity contribution in [2.24, 2.45) is 5.73 Å². The number of halogens is 1. The summed E-state index contributed by atoms with van der Waals surface area (Å²) < 4.78 is 0. The molecule has 1 atom stereocenters. The molecule has 1 fully saturated rings. The van der Waals surface area contributed by atoms with E-state index < -0.39 is 0 Å². The largest absolute Gasteiger partial charge is 0.330 e. The molecule has 0 saturated heterocycles. The van der Waals surface area contributed by atoms with Crippen LogP contribution in [0.25, 0.3) is 0 Å². The maximum Gasteiger partial charge on any atom is 0.0441 e. The van der Waals surface area contributed by atoms with Crippen LogP contribution in [0.3, 0.4) is 0 Å². The molecule has 94 valence electrons. The first-order valence-corrected chi connectivity index (χ1v) is 6.87. The molecule has 0 aromatic heterocycles. The van der Waals surface area contributed by atoms with Crippen molar-refractivity contribution in [3.63, 3.8) is 0 Å². The SMILES string of the molecule is NCC(CNC1CCCC1)c1ccccc1Cl. The fourth-order valence-corrected chi connectivity index (χ4v) is 2.86. The van der Waals surface area contributed by atoms with E-state index in [0.29, 0.717) is 18.5 Å². The number of rotatable bonds is 5. The second kappa shape index (κ2) is 6.39. The first kappa shape index (κ1) is 12.9. The fourth-order valence-electron chi connectivity index (χ4n) is 2.57. The molecule has 0 spiro atoms. The Hall–Kier alpha value is -0.570. The van der Waals surface area contributed by atoms with E-state index >= 15 is 0 Å². The van der Waals surface area contributed by atoms with Gasteiger partial charge in [-0.1, -0.05) is 42.6 Å². The van der Waals surface area contributed by atoms with E-state index in [1.165, 1.54) is 31.2 Å². The van der Waals surface area contributed by atoms with Gasteiger partial charge >= 0.3 is 0 Å². The summed E-state index contributed by atoms with van der Waals surface area (Å²) in [6.07, 6.45) is 5.33. The summed E-state index contributed by atoms with van der Waals surface area (Å²) in [4.78, 5) is 0. The summed E-state index contributed by atoms with van der Waals surface area (Å²) in [5.41, 5.74) is 7.03. The number of nitrogens with one attached hydrogen (secondary N) is 1. The summed E-state index contributed by atoms with van der Waals surface area (Å²) >= 11 is 6.21. The molecule has 2 rings (SSSR count). The maximum absolute atomic E-state index is 6.21. The lowest BCUT2D eigenvalue weighted by Gasteiger charge is -2.20. The summed E-state index contributed by atoms with van der Waals surface area (Å²) in [5.74, 6) is 0.323. The molecule has 0 radical (unpaired) electrons. The number of hydrogen-bond acceptors (Lipinski definition) is 2. The van der Waals surface area contributed by atoms with E-state index in [0.717, 1.165) is 11.6 Å². The molecule has 0 heterocycles. The molecule has 1 aromatic rings. The van der Waals surface area contributed by atoms with Crippen LogP contribution in [0.15, 0.2) is 24.3 Å². The quantitative estimate of drug-likeness (QED) is 0.846. The smallest absolute Gasteiger partial charge is 0.0441 e. The lowest BCUT2D eigenvalue weighted by atomic mass is 9.98. The van der Waals surface area contributed by atoms with Crippen LogP contribution in [0, 0.1) is 0 Å². The Morgan fingerprint density at radius 3 is 2.65 bits per heavy atom. The van der Waals surface area contributed by atoms with Gasteiger partial charge in [0.1, 0.15) is 0 Å². The molecule has 1 saturated carbocycles. The van der Waals surface area contributed by atoms with E-state index in [-0.39, 0.29) is 0 Å². The second-order valence-corrected chi connectivity index (χ2v) is 5.25. The minimum atomic E-state index is 0.323. The molecule has 1 unspecified atom stereocenters. The van der Waals surface area contributed by atoms with Crippen molar-refractivity contribution in [1.29, 1.82) is 0 Å². The Morgan fingerprint density at radius 2 is 2.00 bits per heavy atom. The van der Waals surface area contributed by atoms with Gasteiger partial charge in [0.25, 0.3) is 0 Å². The van der Waals surface area contributed by atoms with Crippen LogP contribution in [0.2, 0.25) is 5.02 Å². The topological polar surface area (TPSA) is 38.0 Å². The lowest BCUT2D eigenvalue weighted by molar-refractivity contribution is 0.490. The van der Waals surface area contributed by atoms with E-state index in [4.69, 9.17) is 17.3 Å². The van der Waals surface area contributed by atoms with Crippen molar-refractivity contribution >= 4 is 11.6 Å². The monoisotopic (exact) mass is 252 g/mol. The maximum atomic E-state index is 6.21. The van der Waals surface area contributed by atoms with E-state index in [9.17, 15) is 0 Å². The van der Waals surface area contributed by atoms with Crippen LogP contribution in [0.5, 0.6) is 0 Å². The van der Waals surface area contributed by atoms with Crippen LogP contribution < -0.4 is 11.1 Å². The van der Waals surface area contributed by atoms with Crippen LogP contribution >= 0.6 is 11.6 Å². The minimum Gasteiger partial charge on any atom is -0.330 e. The highest BCUT2D eigenvalue weighted by Crippen LogP contribution is 2.24. The summed E-state index contributed by atoms with van der Waals surface area (Å²) in [7, 11) is 0. The van der Waals surface area contributed by atoms with Gasteiger partial charge in [-0.25, -0.2) is 0 Å². The molecule has 1 aliphatic carbocycles. The van der Waals surface area contributed by atoms with Crippen LogP contribution in [0.4, 0.5) is 0 Å². The Morgan fingerprint density at radius 1 is 1.29 bits per heavy atom. The van der Waals surface area contributed by atoms with E-state index in [2.05, 4.69) is 11.4 Å². The van der Waals surface area contributed by atoms with E-state index in [1.807, 2.05) is 18.2 Å². The molecule has 0 amide bonds. The molecule has 17 heavy (non-hydrogen) atoms. The molecule has 0 aliphatic heterocycles. The standard InChI is InChI=1S/C14H21ClN2/c15-14-8-4-3-7-13(14)11(9-16)10-17-12-5-1-2-6-12/h3-4,7-8,11-12,17H,1-2,5-6,9-10,16H2. The van der Waals surface area contributed by atoms with Crippen molar-refractivity contribution in [3.05, 3.63) is 34.9 Å². The van der Waals surface area contributed by atoms with Crippen molar-refractivity contribution in [3.8, 4) is 0 Å². The Labute approximate surface area is 109 Å². The highest BCUT2D eigenvalue weighted by atomic mass is 35.5. The van der Waals surface area contributed by atoms with Gasteiger partial charge in [0.2, 0.25) is 0 Å². The lowest BCUT2D eigenvalue weighted by Crippen LogP contribution is -2.33. The zero-order valence-electron chi connectivity index (χ0n) is 10.2. The van der Waals surface area contributed by atoms with Crippen molar-refractivity contribution in [2.75, 3.05) is 13.1 Å². The van der Waals surface area contributed by atoms with Crippen molar-refractivity contribution in [2.45, 2.75) is 37.6 Å². The number of benzene rings is 1. The van der Waals surface area contributed by atoms with Crippen LogP contribution in [-0.2, 0) is 0 Å². The highest BCUT2D eigenvalue weighted by Gasteiger charge is 2.18. The van der Waals surface area contributed by atoms with Gasteiger partial charge in [0, 0.05) is 30.1 Å². The Kier molecular flexibility index (Phi) is 4.84. The minimum absolute atomic E-state index is 0.323. The van der Waals surface area contributed by atoms with Gasteiger partial charge in [-0.3, -0.25) is 0 Å². The average Bonchev–Trinajstić information content (AvgIpc) is 2.85. The molecule has 3 N–H and O–H groups in total. The predicted octanol–water partition coefficient (Wildman–Crippen LogP) is 2.91. The van der Waals surface area contributed by atoms with Gasteiger partial charge in [-0.2, -0.15) is 0 Å². The van der Waals surface area contributed by atoms with Gasteiger partial charge < -0.3 is 11.1 Å². The zero-order chi connectivity index (χ0) is 12.1. The van der Waals surface area contributed by atoms with Gasteiger partial charge in [0.05, 0.1) is 0 Å². The fraction of sp³-hybridized carbons (Fsp3) is 0.571. The summed E-state index contributed by atoms with van der Waals surface area (Å²) in [5, 5.41) is 4.45. The van der Waals surface area contributed by atoms with E-state index in [1.54, 1.807) is 0 Å². The summed E-state index contributed by atoms with van der Waals surface area (Å²) in [6, 6.07) is 8.70. The molecule has 3 heteroatoms. The molecule has 1 aromatic carbocycles. The summed E-state index contributed by atoms with van der Waals surface area (Å²) in [6.45, 7) is 1.58. The third-order valence-electron chi connectivity index (χ3n) is 3.64. The molecular formula is C14H21ClN2. The average molecular weight is 253 g/mol. The third kappa shape index (κ3) is 3.44. The molecule has 0 bridgehead atoms. The van der Waals surface area contributed by atoms with Gasteiger partial charge in [-0.05, 0) is 24.5 Å². The van der Waals surface area contributed by atoms with Crippen LogP contribution in [0.1, 0.15) is 37.2 Å². The predicted molar refractivity (Wildman–Crippen MR) is 73.5 cm³/mol. The molecule has 2 nitrogen and oxygen atoms in total. The highest BCUT2D eigenvalue weighted by molar-refractivity contribution is 6.31. The van der Waals surface area contributed by atoms with Crippen LogP contribution in [-0.4, -0.2) is 19.1 Å². The number of nitrogens with two attached hydrogens (primary N) is 1. The van der Waals surface area contributed by atoms with Gasteiger partial charge in [-0.15, -0.1) is 0 Å². The van der Waals surface area contributed by atoms with Crippen molar-refractivity contribution in [1.82, 2.24) is 5.32 Å². The Bertz CT molecular complexity index is 348. The zero-order valence-corrected chi connectivity index (χ0v) is 10.9. The first-order valence-electron chi connectivity index (χ1n) is 6.49.